The van der Waals surface area contributed by atoms with Gasteiger partial charge in [0.05, 0.1) is 104 Å². The highest BCUT2D eigenvalue weighted by Crippen LogP contribution is 2.48. The maximum absolute atomic E-state index is 14.1. The predicted octanol–water partition coefficient (Wildman–Crippen LogP) is 13.1. The van der Waals surface area contributed by atoms with E-state index in [1.165, 1.54) is 66.7 Å². The van der Waals surface area contributed by atoms with Crippen LogP contribution in [0.3, 0.4) is 0 Å². The number of nitriles is 1. The van der Waals surface area contributed by atoms with E-state index in [0.29, 0.717) is 165 Å². The molecule has 0 spiro atoms. The number of amides is 3. The van der Waals surface area contributed by atoms with Crippen molar-refractivity contribution in [3.63, 3.8) is 0 Å². The maximum atomic E-state index is 14.1. The Balaban J connectivity index is 0.000000167. The third-order valence-electron chi connectivity index (χ3n) is 25.6. The highest BCUT2D eigenvalue weighted by atomic mass is 35.5. The number of hydrogen-bond acceptors (Lipinski definition) is 23. The minimum absolute atomic E-state index is 0.000449. The van der Waals surface area contributed by atoms with Gasteiger partial charge < -0.3 is 82.7 Å². The molecule has 40 heteroatoms. The van der Waals surface area contributed by atoms with E-state index in [9.17, 15) is 59.2 Å². The first-order valence-electron chi connectivity index (χ1n) is 43.8. The zero-order valence-electron chi connectivity index (χ0n) is 74.1. The highest BCUT2D eigenvalue weighted by molar-refractivity contribution is 6.32. The van der Waals surface area contributed by atoms with E-state index < -0.39 is 35.2 Å². The molecule has 3 amide bonds. The molecule has 6 fully saturated rings. The number of piperazine rings is 3. The van der Waals surface area contributed by atoms with Crippen molar-refractivity contribution >= 4 is 87.0 Å². The Morgan fingerprint density at radius 2 is 0.855 bits per heavy atom. The van der Waals surface area contributed by atoms with Gasteiger partial charge >= 0.3 is 36.6 Å². The van der Waals surface area contributed by atoms with Crippen molar-refractivity contribution in [1.82, 2.24) is 64.2 Å². The second kappa shape index (κ2) is 42.9. The number of hydrogen-bond donors (Lipinski definition) is 0. The van der Waals surface area contributed by atoms with E-state index >= 15 is 0 Å². The van der Waals surface area contributed by atoms with Crippen LogP contribution < -0.4 is 43.6 Å². The summed E-state index contributed by atoms with van der Waals surface area (Å²) in [6.07, 6.45) is -1.53. The van der Waals surface area contributed by atoms with E-state index in [2.05, 4.69) is 69.5 Å². The van der Waals surface area contributed by atoms with Gasteiger partial charge in [-0.2, -0.15) is 74.7 Å². The lowest BCUT2D eigenvalue weighted by molar-refractivity contribution is -0.137. The van der Waals surface area contributed by atoms with Crippen molar-refractivity contribution in [2.75, 3.05) is 202 Å². The molecule has 0 N–H and O–H groups in total. The summed E-state index contributed by atoms with van der Waals surface area (Å²) < 4.78 is 145. The van der Waals surface area contributed by atoms with Crippen LogP contribution in [0.1, 0.15) is 95.9 Å². The van der Waals surface area contributed by atoms with E-state index in [1.807, 2.05) is 41.9 Å². The summed E-state index contributed by atoms with van der Waals surface area (Å²) in [5.41, 5.74) is 1.66. The van der Waals surface area contributed by atoms with Crippen LogP contribution >= 0.6 is 34.8 Å². The Morgan fingerprint density at radius 3 is 1.18 bits per heavy atom. The number of likely N-dealkylation sites (tertiary alicyclic amines) is 3. The predicted molar refractivity (Wildman–Crippen MR) is 482 cm³/mol. The Kier molecular flexibility index (Phi) is 32.0. The van der Waals surface area contributed by atoms with Gasteiger partial charge in [-0.05, 0) is 154 Å². The number of anilines is 6. The third-order valence-corrected chi connectivity index (χ3v) is 26.5. The third kappa shape index (κ3) is 23.3. The van der Waals surface area contributed by atoms with Gasteiger partial charge in [0.15, 0.2) is 0 Å². The zero-order valence-corrected chi connectivity index (χ0v) is 76.4. The van der Waals surface area contributed by atoms with Crippen LogP contribution in [0.5, 0.6) is 18.0 Å². The summed E-state index contributed by atoms with van der Waals surface area (Å²) in [7, 11) is 9.99. The molecule has 0 radical (unpaired) electrons. The molecule has 9 aliphatic rings. The molecule has 3 aromatic heterocycles. The van der Waals surface area contributed by atoms with Gasteiger partial charge in [-0.15, -0.1) is 0 Å². The molecular formula is C91H108Cl3F9N22O6. The molecule has 7 atom stereocenters. The Bertz CT molecular complexity index is 5290. The first-order chi connectivity index (χ1) is 62.5. The van der Waals surface area contributed by atoms with Crippen molar-refractivity contribution < 1.29 is 68.1 Å². The lowest BCUT2D eigenvalue weighted by Crippen LogP contribution is -2.56. The fraction of sp³-hybridized carbons (Fsp3) is 0.538. The summed E-state index contributed by atoms with van der Waals surface area (Å²) >= 11 is 18.1. The van der Waals surface area contributed by atoms with E-state index in [0.717, 1.165) is 68.4 Å². The normalized spacial score (nSPS) is 21.6. The molecule has 0 unspecified atom stereocenters. The smallest absolute Gasteiger partial charge is 0.419 e. The van der Waals surface area contributed by atoms with Gasteiger partial charge in [-0.25, -0.2) is 13.1 Å². The number of rotatable bonds is 23. The number of fused-ring (bicyclic) bond motifs is 3. The molecule has 12 heterocycles. The van der Waals surface area contributed by atoms with Gasteiger partial charge in [-0.3, -0.25) is 19.3 Å². The Labute approximate surface area is 772 Å². The summed E-state index contributed by atoms with van der Waals surface area (Å²) in [5.74, 6) is 1.85. The summed E-state index contributed by atoms with van der Waals surface area (Å²) in [5, 5.41) is 8.41. The summed E-state index contributed by atoms with van der Waals surface area (Å²) in [4.78, 5) is 98.5. The van der Waals surface area contributed by atoms with Crippen molar-refractivity contribution in [3.05, 3.63) is 180 Å². The SMILES string of the molecule is C=CC(=O)N1CCN(c2nc(OC[C@@H]3C[C@@H](C)CN3C)nc3c2CCN(c2cccc(Cl)c2C(F)(F)F)C3)C[C@@H]1CC#N.[C-]#[N+]C[C@H]1CN(c2nc(OC[C@@H]3CCCN3C)nc3c2CCN(c2cccc(Cl)c2C(F)(F)F)C3)CCN1C(=O)/C=C/CN(C)C.[C-]#[N+]C[C@H]1CN(c2nc(OC[C@@H]3CCCN3C)nc3c2CCN(c2cccc(Cl)c2C(F)(F)F)C3)CCN1C(=O)C=C. The average molecular weight is 1880 g/mol. The molecule has 6 saturated heterocycles. The topological polar surface area (TPSA) is 231 Å². The molecule has 0 saturated carbocycles. The molecular weight excluding hydrogens is 1770 g/mol. The lowest BCUT2D eigenvalue weighted by atomic mass is 10.0. The number of likely N-dealkylation sites (N-methyl/N-ethyl adjacent to an activating group) is 4. The molecule has 702 valence electrons. The van der Waals surface area contributed by atoms with Crippen molar-refractivity contribution in [1.29, 1.82) is 5.26 Å². The quantitative estimate of drug-likeness (QED) is 0.0330. The maximum Gasteiger partial charge on any atom is 0.419 e. The fourth-order valence-electron chi connectivity index (χ4n) is 18.9. The van der Waals surface area contributed by atoms with Gasteiger partial charge in [0.1, 0.15) is 49.4 Å². The van der Waals surface area contributed by atoms with Gasteiger partial charge in [0, 0.05) is 133 Å². The van der Waals surface area contributed by atoms with Gasteiger partial charge in [-0.1, -0.05) is 79.2 Å². The van der Waals surface area contributed by atoms with Crippen LogP contribution in [0.15, 0.2) is 92.1 Å². The number of alkyl halides is 9. The second-order valence-electron chi connectivity index (χ2n) is 34.6. The minimum atomic E-state index is -4.62. The van der Waals surface area contributed by atoms with Crippen LogP contribution in [0.2, 0.25) is 15.1 Å². The number of nitrogens with zero attached hydrogens (tertiary/aromatic N) is 22. The molecule has 0 bridgehead atoms. The molecule has 15 rings (SSSR count). The first kappa shape index (κ1) is 97.8. The number of carbonyl (C=O) groups excluding carboxylic acids is 3. The molecule has 0 aliphatic carbocycles. The fourth-order valence-corrected chi connectivity index (χ4v) is 19.7. The van der Waals surface area contributed by atoms with E-state index in [-0.39, 0.29) is 143 Å². The first-order valence-corrected chi connectivity index (χ1v) is 45.0. The standard InChI is InChI=1S/C32H40ClF3N8O2.C30H35ClF3N7O2.C29H33ClF3N7O2/c1-37-18-23-19-43(16-17-44(23)28(45)11-7-13-40(2)3)30-24-12-15-42(27-10-5-9-25(33)29(27)32(34,35)36)20-26(24)38-31(39-30)46-21-22-8-6-14-41(22)4;1-4-26(42)41-13-12-40(16-20(41)8-10-35)28-22-9-11-39(25-7-5-6-23(31)27(25)30(32,33)34)17-24(22)36-29(37-28)43-18-21-14-19(2)15-38(21)3;1-4-25(41)40-14-13-39(16-20(40)15-34-2)27-21-10-12-38(24-9-5-8-22(30)26(24)29(31,32)33)17-23(21)35-28(36-27)42-18-19-7-6-11-37(19)3/h5,7,9-11,22-23H,6,8,12-21H2,2-4H3;4-7,19-21H,1,8-9,11-18H2,2-3H3;4-5,8-9,19-20H,1,6-7,10-18H2,3H3/b11-7+;;/t22-,23-;19-,20+,21+;19-,20-/m010/s1. The second-order valence-corrected chi connectivity index (χ2v) is 35.8. The van der Waals surface area contributed by atoms with Crippen molar-refractivity contribution in [2.45, 2.75) is 139 Å². The molecule has 9 aliphatic heterocycles. The Morgan fingerprint density at radius 1 is 0.496 bits per heavy atom. The zero-order chi connectivity index (χ0) is 93.9. The van der Waals surface area contributed by atoms with Crippen LogP contribution in [-0.2, 0) is 71.8 Å². The number of halogens is 12. The molecule has 28 nitrogen and oxygen atoms in total. The number of aromatic nitrogens is 6. The van der Waals surface area contributed by atoms with Crippen molar-refractivity contribution in [3.8, 4) is 24.1 Å². The summed E-state index contributed by atoms with van der Waals surface area (Å²) in [6.45, 7) is 34.3. The largest absolute Gasteiger partial charge is 0.462 e. The van der Waals surface area contributed by atoms with Gasteiger partial charge in [0.2, 0.25) is 30.8 Å². The van der Waals surface area contributed by atoms with Crippen LogP contribution in [-0.4, -0.2) is 291 Å². The van der Waals surface area contributed by atoms with Crippen LogP contribution in [0.4, 0.5) is 74.0 Å². The number of carbonyl (C=O) groups is 3. The van der Waals surface area contributed by atoms with Crippen molar-refractivity contribution in [2.24, 2.45) is 5.92 Å². The molecule has 3 aromatic carbocycles. The monoisotopic (exact) mass is 1880 g/mol. The highest BCUT2D eigenvalue weighted by Gasteiger charge is 2.45. The van der Waals surface area contributed by atoms with Gasteiger partial charge in [0.25, 0.3) is 0 Å². The summed E-state index contributed by atoms with van der Waals surface area (Å²) in [6, 6.07) is 14.8. The Hall–Kier alpha value is -10.7. The van der Waals surface area contributed by atoms with Crippen LogP contribution in [0.25, 0.3) is 9.69 Å². The average Bonchev–Trinajstić information content (AvgIpc) is 1.23. The van der Waals surface area contributed by atoms with E-state index in [1.54, 1.807) is 35.5 Å². The minimum Gasteiger partial charge on any atom is -0.462 e. The number of ether oxygens (including phenoxy) is 3. The molecule has 6 aromatic rings. The van der Waals surface area contributed by atoms with E-state index in [4.69, 9.17) is 92.1 Å². The van der Waals surface area contributed by atoms with Crippen LogP contribution in [0, 0.1) is 30.4 Å². The number of benzene rings is 3. The molecule has 131 heavy (non-hydrogen) atoms. The lowest BCUT2D eigenvalue weighted by Gasteiger charge is -2.42.